The summed E-state index contributed by atoms with van der Waals surface area (Å²) in [7, 11) is 3.26. The topological polar surface area (TPSA) is 68.3 Å². The number of hydrogen-bond donors (Lipinski definition) is 2. The van der Waals surface area contributed by atoms with Gasteiger partial charge in [-0.2, -0.15) is 4.98 Å². The highest BCUT2D eigenvalue weighted by Gasteiger charge is 2.08. The zero-order chi connectivity index (χ0) is 16.7. The predicted molar refractivity (Wildman–Crippen MR) is 93.0 cm³/mol. The van der Waals surface area contributed by atoms with Gasteiger partial charge in [0.2, 0.25) is 5.95 Å². The lowest BCUT2D eigenvalue weighted by molar-refractivity contribution is 0.405. The van der Waals surface area contributed by atoms with Crippen molar-refractivity contribution in [1.29, 1.82) is 0 Å². The van der Waals surface area contributed by atoms with Crippen LogP contribution in [0.1, 0.15) is 25.5 Å². The first-order chi connectivity index (χ1) is 11.2. The van der Waals surface area contributed by atoms with Gasteiger partial charge in [-0.1, -0.05) is 13.3 Å². The van der Waals surface area contributed by atoms with Crippen LogP contribution in [0.25, 0.3) is 0 Å². The SMILES string of the molecule is CCCCNc1cc(C)nc(Nc2cc(OC)ccc2OC)n1. The number of nitrogens with zero attached hydrogens (tertiary/aromatic N) is 2. The fourth-order valence-electron chi connectivity index (χ4n) is 2.14. The van der Waals surface area contributed by atoms with E-state index in [0.717, 1.165) is 42.3 Å². The molecular formula is C17H24N4O2. The lowest BCUT2D eigenvalue weighted by atomic mass is 10.2. The van der Waals surface area contributed by atoms with Gasteiger partial charge in [0, 0.05) is 24.4 Å². The van der Waals surface area contributed by atoms with Gasteiger partial charge in [-0.25, -0.2) is 4.98 Å². The van der Waals surface area contributed by atoms with Crippen molar-refractivity contribution in [2.75, 3.05) is 31.4 Å². The van der Waals surface area contributed by atoms with Crippen LogP contribution in [0, 0.1) is 6.92 Å². The van der Waals surface area contributed by atoms with E-state index in [4.69, 9.17) is 9.47 Å². The maximum Gasteiger partial charge on any atom is 0.229 e. The van der Waals surface area contributed by atoms with Crippen molar-refractivity contribution >= 4 is 17.5 Å². The van der Waals surface area contributed by atoms with Gasteiger partial charge >= 0.3 is 0 Å². The van der Waals surface area contributed by atoms with Crippen molar-refractivity contribution in [3.8, 4) is 11.5 Å². The number of rotatable bonds is 8. The number of ether oxygens (including phenoxy) is 2. The quantitative estimate of drug-likeness (QED) is 0.723. The normalized spacial score (nSPS) is 10.3. The second-order valence-electron chi connectivity index (χ2n) is 5.19. The molecule has 0 aliphatic carbocycles. The molecule has 6 nitrogen and oxygen atoms in total. The van der Waals surface area contributed by atoms with Gasteiger partial charge in [-0.05, 0) is 25.5 Å². The van der Waals surface area contributed by atoms with E-state index in [0.29, 0.717) is 11.7 Å². The number of methoxy groups -OCH3 is 2. The van der Waals surface area contributed by atoms with Crippen molar-refractivity contribution in [2.45, 2.75) is 26.7 Å². The van der Waals surface area contributed by atoms with Crippen LogP contribution in [-0.4, -0.2) is 30.7 Å². The van der Waals surface area contributed by atoms with Crippen LogP contribution >= 0.6 is 0 Å². The molecule has 0 saturated carbocycles. The van der Waals surface area contributed by atoms with E-state index in [-0.39, 0.29) is 0 Å². The van der Waals surface area contributed by atoms with E-state index in [9.17, 15) is 0 Å². The Hall–Kier alpha value is -2.50. The molecule has 0 amide bonds. The predicted octanol–water partition coefficient (Wildman–Crippen LogP) is 3.76. The number of nitrogens with one attached hydrogen (secondary N) is 2. The Kier molecular flexibility index (Phi) is 6.02. The Bertz CT molecular complexity index is 646. The molecule has 0 saturated heterocycles. The molecule has 0 bridgehead atoms. The molecule has 2 rings (SSSR count). The molecule has 2 aromatic rings. The molecule has 1 aromatic carbocycles. The molecule has 0 spiro atoms. The minimum Gasteiger partial charge on any atom is -0.497 e. The standard InChI is InChI=1S/C17H24N4O2/c1-5-6-9-18-16-10-12(2)19-17(21-16)20-14-11-13(22-3)7-8-15(14)23-4/h7-8,10-11H,5-6,9H2,1-4H3,(H2,18,19,20,21). The van der Waals surface area contributed by atoms with Crippen LogP contribution < -0.4 is 20.1 Å². The van der Waals surface area contributed by atoms with Crippen molar-refractivity contribution in [1.82, 2.24) is 9.97 Å². The fourth-order valence-corrected chi connectivity index (χ4v) is 2.14. The second kappa shape index (κ2) is 8.22. The van der Waals surface area contributed by atoms with E-state index in [2.05, 4.69) is 27.5 Å². The van der Waals surface area contributed by atoms with Crippen molar-refractivity contribution in [2.24, 2.45) is 0 Å². The summed E-state index contributed by atoms with van der Waals surface area (Å²) in [4.78, 5) is 8.93. The Morgan fingerprint density at radius 2 is 1.91 bits per heavy atom. The highest BCUT2D eigenvalue weighted by Crippen LogP contribution is 2.30. The van der Waals surface area contributed by atoms with Crippen molar-refractivity contribution in [3.05, 3.63) is 30.0 Å². The average molecular weight is 316 g/mol. The zero-order valence-electron chi connectivity index (χ0n) is 14.1. The van der Waals surface area contributed by atoms with E-state index >= 15 is 0 Å². The summed E-state index contributed by atoms with van der Waals surface area (Å²) in [6, 6.07) is 7.48. The highest BCUT2D eigenvalue weighted by molar-refractivity contribution is 5.65. The molecule has 0 aliphatic rings. The fraction of sp³-hybridized carbons (Fsp3) is 0.412. The number of aryl methyl sites for hydroxylation is 1. The molecule has 1 aromatic heterocycles. The van der Waals surface area contributed by atoms with Crippen molar-refractivity contribution in [3.63, 3.8) is 0 Å². The first kappa shape index (κ1) is 16.9. The van der Waals surface area contributed by atoms with Crippen LogP contribution in [0.4, 0.5) is 17.5 Å². The molecule has 0 unspecified atom stereocenters. The molecule has 0 atom stereocenters. The van der Waals surface area contributed by atoms with Gasteiger partial charge in [-0.3, -0.25) is 0 Å². The molecule has 124 valence electrons. The maximum absolute atomic E-state index is 5.37. The summed E-state index contributed by atoms with van der Waals surface area (Å²) in [5.41, 5.74) is 1.65. The van der Waals surface area contributed by atoms with Gasteiger partial charge in [0.15, 0.2) is 0 Å². The molecule has 0 aliphatic heterocycles. The van der Waals surface area contributed by atoms with Crippen LogP contribution in [-0.2, 0) is 0 Å². The van der Waals surface area contributed by atoms with E-state index in [1.807, 2.05) is 31.2 Å². The maximum atomic E-state index is 5.37. The van der Waals surface area contributed by atoms with Gasteiger partial charge in [0.1, 0.15) is 17.3 Å². The van der Waals surface area contributed by atoms with Gasteiger partial charge in [-0.15, -0.1) is 0 Å². The molecule has 1 heterocycles. The number of anilines is 3. The second-order valence-corrected chi connectivity index (χ2v) is 5.19. The lowest BCUT2D eigenvalue weighted by Gasteiger charge is -2.13. The molecule has 0 fully saturated rings. The van der Waals surface area contributed by atoms with Gasteiger partial charge in [0.05, 0.1) is 19.9 Å². The monoisotopic (exact) mass is 316 g/mol. The molecule has 2 N–H and O–H groups in total. The number of benzene rings is 1. The zero-order valence-corrected chi connectivity index (χ0v) is 14.1. The molecular weight excluding hydrogens is 292 g/mol. The van der Waals surface area contributed by atoms with Crippen LogP contribution in [0.3, 0.4) is 0 Å². The third-order valence-electron chi connectivity index (χ3n) is 3.34. The molecule has 0 radical (unpaired) electrons. The van der Waals surface area contributed by atoms with Crippen LogP contribution in [0.5, 0.6) is 11.5 Å². The number of aromatic nitrogens is 2. The van der Waals surface area contributed by atoms with E-state index in [1.54, 1.807) is 14.2 Å². The van der Waals surface area contributed by atoms with Gasteiger partial charge < -0.3 is 20.1 Å². The Balaban J connectivity index is 2.22. The summed E-state index contributed by atoms with van der Waals surface area (Å²) in [5.74, 6) is 2.78. The number of hydrogen-bond acceptors (Lipinski definition) is 6. The van der Waals surface area contributed by atoms with E-state index in [1.165, 1.54) is 0 Å². The molecule has 6 heteroatoms. The largest absolute Gasteiger partial charge is 0.497 e. The highest BCUT2D eigenvalue weighted by atomic mass is 16.5. The van der Waals surface area contributed by atoms with Gasteiger partial charge in [0.25, 0.3) is 0 Å². The average Bonchev–Trinajstić information content (AvgIpc) is 2.54. The lowest BCUT2D eigenvalue weighted by Crippen LogP contribution is -2.07. The summed E-state index contributed by atoms with van der Waals surface area (Å²) >= 11 is 0. The minimum absolute atomic E-state index is 0.524. The summed E-state index contributed by atoms with van der Waals surface area (Å²) in [5, 5.41) is 6.52. The van der Waals surface area contributed by atoms with Crippen LogP contribution in [0.15, 0.2) is 24.3 Å². The number of unbranched alkanes of at least 4 members (excludes halogenated alkanes) is 1. The Morgan fingerprint density at radius 1 is 1.09 bits per heavy atom. The Morgan fingerprint density at radius 3 is 2.61 bits per heavy atom. The third kappa shape index (κ3) is 4.74. The summed E-state index contributed by atoms with van der Waals surface area (Å²) in [6.45, 7) is 5.00. The minimum atomic E-state index is 0.524. The third-order valence-corrected chi connectivity index (χ3v) is 3.34. The summed E-state index contributed by atoms with van der Waals surface area (Å²) < 4.78 is 10.6. The molecule has 23 heavy (non-hydrogen) atoms. The van der Waals surface area contributed by atoms with E-state index < -0.39 is 0 Å². The van der Waals surface area contributed by atoms with Crippen LogP contribution in [0.2, 0.25) is 0 Å². The first-order valence-corrected chi connectivity index (χ1v) is 7.75. The van der Waals surface area contributed by atoms with Crippen molar-refractivity contribution < 1.29 is 9.47 Å². The summed E-state index contributed by atoms with van der Waals surface area (Å²) in [6.07, 6.45) is 2.25. The first-order valence-electron chi connectivity index (χ1n) is 7.75. The Labute approximate surface area is 137 Å². The smallest absolute Gasteiger partial charge is 0.229 e.